The smallest absolute Gasteiger partial charge is 0.412 e. The summed E-state index contributed by atoms with van der Waals surface area (Å²) in [5, 5.41) is 20.4. The van der Waals surface area contributed by atoms with Crippen molar-refractivity contribution >= 4 is 17.7 Å². The Kier molecular flexibility index (Phi) is 4.10. The van der Waals surface area contributed by atoms with E-state index in [1.807, 2.05) is 0 Å². The van der Waals surface area contributed by atoms with Crippen LogP contribution in [0, 0.1) is 0 Å². The van der Waals surface area contributed by atoms with Gasteiger partial charge in [-0.05, 0) is 18.2 Å². The molecule has 0 aromatic heterocycles. The van der Waals surface area contributed by atoms with Gasteiger partial charge in [0.2, 0.25) is 0 Å². The lowest BCUT2D eigenvalue weighted by Crippen LogP contribution is -2.14. The zero-order valence-corrected chi connectivity index (χ0v) is 8.84. The van der Waals surface area contributed by atoms with Crippen LogP contribution in [-0.4, -0.2) is 28.9 Å². The van der Waals surface area contributed by atoms with E-state index in [9.17, 15) is 14.7 Å². The molecule has 6 heteroatoms. The Morgan fingerprint density at radius 2 is 2.18 bits per heavy atom. The minimum atomic E-state index is -1.16. The van der Waals surface area contributed by atoms with E-state index in [4.69, 9.17) is 5.11 Å². The number of rotatable bonds is 4. The van der Waals surface area contributed by atoms with Crippen LogP contribution >= 0.6 is 0 Å². The van der Waals surface area contributed by atoms with Crippen LogP contribution in [-0.2, 0) is 4.74 Å². The summed E-state index contributed by atoms with van der Waals surface area (Å²) < 4.78 is 4.62. The fourth-order valence-corrected chi connectivity index (χ4v) is 1.05. The topological polar surface area (TPSA) is 95.9 Å². The Labute approximate surface area is 97.1 Å². The molecule has 0 saturated heterocycles. The second-order valence-electron chi connectivity index (χ2n) is 3.05. The lowest BCUT2D eigenvalue weighted by molar-refractivity contribution is 0.0697. The van der Waals surface area contributed by atoms with Crippen LogP contribution in [0.5, 0.6) is 5.75 Å². The van der Waals surface area contributed by atoms with E-state index in [2.05, 4.69) is 16.6 Å². The zero-order chi connectivity index (χ0) is 12.8. The summed E-state index contributed by atoms with van der Waals surface area (Å²) in [4.78, 5) is 21.8. The summed E-state index contributed by atoms with van der Waals surface area (Å²) in [7, 11) is 0. The molecule has 90 valence electrons. The van der Waals surface area contributed by atoms with Crippen molar-refractivity contribution in [2.75, 3.05) is 11.9 Å². The van der Waals surface area contributed by atoms with Gasteiger partial charge in [0.05, 0.1) is 11.3 Å². The molecule has 0 fully saturated rings. The van der Waals surface area contributed by atoms with Crippen LogP contribution in [0.4, 0.5) is 10.5 Å². The van der Waals surface area contributed by atoms with Crippen LogP contribution in [0.2, 0.25) is 0 Å². The van der Waals surface area contributed by atoms with Crippen molar-refractivity contribution in [3.05, 3.63) is 36.4 Å². The largest absolute Gasteiger partial charge is 0.506 e. The summed E-state index contributed by atoms with van der Waals surface area (Å²) in [5.74, 6) is -1.40. The van der Waals surface area contributed by atoms with Gasteiger partial charge < -0.3 is 14.9 Å². The molecule has 0 aliphatic heterocycles. The Balaban J connectivity index is 2.82. The summed E-state index contributed by atoms with van der Waals surface area (Å²) in [6.45, 7) is 3.38. The first kappa shape index (κ1) is 12.6. The number of ether oxygens (including phenoxy) is 1. The Hall–Kier alpha value is -2.50. The number of carboxylic acid groups (broad SMARTS) is 1. The molecule has 0 atom stereocenters. The molecule has 0 spiro atoms. The molecule has 0 aliphatic rings. The van der Waals surface area contributed by atoms with Crippen LogP contribution < -0.4 is 5.32 Å². The number of aromatic hydroxyl groups is 1. The number of hydrogen-bond acceptors (Lipinski definition) is 4. The second kappa shape index (κ2) is 5.55. The Morgan fingerprint density at radius 1 is 1.47 bits per heavy atom. The molecule has 1 amide bonds. The van der Waals surface area contributed by atoms with Gasteiger partial charge in [0.25, 0.3) is 0 Å². The maximum Gasteiger partial charge on any atom is 0.412 e. The van der Waals surface area contributed by atoms with Crippen molar-refractivity contribution in [3.63, 3.8) is 0 Å². The fraction of sp³-hybridized carbons (Fsp3) is 0.0909. The molecule has 0 bridgehead atoms. The van der Waals surface area contributed by atoms with Gasteiger partial charge in [-0.1, -0.05) is 12.7 Å². The van der Waals surface area contributed by atoms with E-state index in [0.717, 1.165) is 6.07 Å². The highest BCUT2D eigenvalue weighted by molar-refractivity contribution is 5.92. The molecule has 3 N–H and O–H groups in total. The molecule has 1 aromatic carbocycles. The SMILES string of the molecule is C=CCOC(=O)Nc1cc(C(=O)O)ccc1O. The first-order chi connectivity index (χ1) is 8.04. The predicted octanol–water partition coefficient (Wildman–Crippen LogP) is 1.82. The number of carbonyl (C=O) groups excluding carboxylic acids is 1. The number of hydrogen-bond donors (Lipinski definition) is 3. The second-order valence-corrected chi connectivity index (χ2v) is 3.05. The molecule has 1 rings (SSSR count). The third-order valence-electron chi connectivity index (χ3n) is 1.81. The standard InChI is InChI=1S/C11H11NO5/c1-2-5-17-11(16)12-8-6-7(10(14)15)3-4-9(8)13/h2-4,6,13H,1,5H2,(H,12,16)(H,14,15). The molecular formula is C11H11NO5. The van der Waals surface area contributed by atoms with Gasteiger partial charge in [0.15, 0.2) is 0 Å². The van der Waals surface area contributed by atoms with Crippen molar-refractivity contribution < 1.29 is 24.5 Å². The molecule has 6 nitrogen and oxygen atoms in total. The first-order valence-corrected chi connectivity index (χ1v) is 4.65. The Morgan fingerprint density at radius 3 is 2.76 bits per heavy atom. The van der Waals surface area contributed by atoms with E-state index < -0.39 is 12.1 Å². The third-order valence-corrected chi connectivity index (χ3v) is 1.81. The molecule has 0 saturated carbocycles. The summed E-state index contributed by atoms with van der Waals surface area (Å²) in [6.07, 6.45) is 0.579. The van der Waals surface area contributed by atoms with Crippen LogP contribution in [0.1, 0.15) is 10.4 Å². The normalized spacial score (nSPS) is 9.41. The van der Waals surface area contributed by atoms with Gasteiger partial charge >= 0.3 is 12.1 Å². The predicted molar refractivity (Wildman–Crippen MR) is 60.2 cm³/mol. The monoisotopic (exact) mass is 237 g/mol. The first-order valence-electron chi connectivity index (χ1n) is 4.65. The average molecular weight is 237 g/mol. The van der Waals surface area contributed by atoms with Gasteiger partial charge in [-0.2, -0.15) is 0 Å². The van der Waals surface area contributed by atoms with Gasteiger partial charge in [-0.25, -0.2) is 9.59 Å². The third kappa shape index (κ3) is 3.53. The number of amides is 1. The number of phenols is 1. The minimum absolute atomic E-state index is 0.0191. The number of benzene rings is 1. The maximum atomic E-state index is 11.2. The molecule has 0 unspecified atom stereocenters. The lowest BCUT2D eigenvalue weighted by Gasteiger charge is -2.07. The number of nitrogens with one attached hydrogen (secondary N) is 1. The highest BCUT2D eigenvalue weighted by Gasteiger charge is 2.10. The van der Waals surface area contributed by atoms with Gasteiger partial charge in [-0.3, -0.25) is 5.32 Å². The lowest BCUT2D eigenvalue weighted by atomic mass is 10.2. The number of anilines is 1. The van der Waals surface area contributed by atoms with E-state index in [0.29, 0.717) is 0 Å². The van der Waals surface area contributed by atoms with Crippen molar-refractivity contribution in [2.24, 2.45) is 0 Å². The van der Waals surface area contributed by atoms with Gasteiger partial charge in [-0.15, -0.1) is 0 Å². The van der Waals surface area contributed by atoms with Crippen molar-refractivity contribution in [1.29, 1.82) is 0 Å². The summed E-state index contributed by atoms with van der Waals surface area (Å²) in [6, 6.07) is 3.53. The average Bonchev–Trinajstić information content (AvgIpc) is 2.29. The van der Waals surface area contributed by atoms with Crippen LogP contribution in [0.3, 0.4) is 0 Å². The van der Waals surface area contributed by atoms with E-state index in [1.165, 1.54) is 18.2 Å². The van der Waals surface area contributed by atoms with E-state index in [1.54, 1.807) is 0 Å². The fourth-order valence-electron chi connectivity index (χ4n) is 1.05. The zero-order valence-electron chi connectivity index (χ0n) is 8.84. The summed E-state index contributed by atoms with van der Waals surface area (Å²) in [5.41, 5.74) is -0.0826. The highest BCUT2D eigenvalue weighted by atomic mass is 16.5. The highest BCUT2D eigenvalue weighted by Crippen LogP contribution is 2.24. The summed E-state index contributed by atoms with van der Waals surface area (Å²) >= 11 is 0. The molecule has 0 radical (unpaired) electrons. The number of carbonyl (C=O) groups is 2. The minimum Gasteiger partial charge on any atom is -0.506 e. The van der Waals surface area contributed by atoms with Crippen LogP contribution in [0.15, 0.2) is 30.9 Å². The van der Waals surface area contributed by atoms with E-state index >= 15 is 0 Å². The number of aromatic carboxylic acids is 1. The molecule has 0 aliphatic carbocycles. The molecular weight excluding hydrogens is 226 g/mol. The van der Waals surface area contributed by atoms with Gasteiger partial charge in [0.1, 0.15) is 12.4 Å². The van der Waals surface area contributed by atoms with Crippen molar-refractivity contribution in [3.8, 4) is 5.75 Å². The van der Waals surface area contributed by atoms with E-state index in [-0.39, 0.29) is 23.6 Å². The Bertz CT molecular complexity index is 455. The van der Waals surface area contributed by atoms with Crippen molar-refractivity contribution in [1.82, 2.24) is 0 Å². The van der Waals surface area contributed by atoms with Gasteiger partial charge in [0, 0.05) is 0 Å². The van der Waals surface area contributed by atoms with Crippen molar-refractivity contribution in [2.45, 2.75) is 0 Å². The van der Waals surface area contributed by atoms with Crippen LogP contribution in [0.25, 0.3) is 0 Å². The quantitative estimate of drug-likeness (QED) is 0.548. The number of phenolic OH excluding ortho intramolecular Hbond substituents is 1. The number of carboxylic acids is 1. The maximum absolute atomic E-state index is 11.2. The molecule has 1 aromatic rings. The molecule has 17 heavy (non-hydrogen) atoms. The molecule has 0 heterocycles.